The topological polar surface area (TPSA) is 24.9 Å². The van der Waals surface area contributed by atoms with Gasteiger partial charge >= 0.3 is 0 Å². The summed E-state index contributed by atoms with van der Waals surface area (Å²) in [6, 6.07) is 0. The van der Waals surface area contributed by atoms with Crippen LogP contribution in [0.25, 0.3) is 0 Å². The maximum absolute atomic E-state index is 5.64. The van der Waals surface area contributed by atoms with Crippen molar-refractivity contribution in [2.75, 3.05) is 52.5 Å². The van der Waals surface area contributed by atoms with Crippen molar-refractivity contribution in [3.05, 3.63) is 0 Å². The van der Waals surface area contributed by atoms with Gasteiger partial charge in [-0.2, -0.15) is 0 Å². The summed E-state index contributed by atoms with van der Waals surface area (Å²) in [4.78, 5) is 5.21. The molecule has 19 heavy (non-hydrogen) atoms. The molecule has 0 saturated carbocycles. The molecule has 0 spiro atoms. The molecule has 2 aliphatic rings. The van der Waals surface area contributed by atoms with Crippen molar-refractivity contribution in [3.8, 4) is 0 Å². The van der Waals surface area contributed by atoms with Gasteiger partial charge < -0.3 is 9.47 Å². The van der Waals surface area contributed by atoms with E-state index in [0.717, 1.165) is 26.4 Å². The van der Waals surface area contributed by atoms with E-state index in [1.54, 1.807) is 0 Å². The summed E-state index contributed by atoms with van der Waals surface area (Å²) < 4.78 is 11.1. The summed E-state index contributed by atoms with van der Waals surface area (Å²) in [6.07, 6.45) is 2.72. The summed E-state index contributed by atoms with van der Waals surface area (Å²) in [5.74, 6) is 0. The number of hydrogen-bond donors (Lipinski definition) is 0. The Labute approximate surface area is 118 Å². The summed E-state index contributed by atoms with van der Waals surface area (Å²) in [5.41, 5.74) is 0.374. The molecule has 0 aromatic rings. The molecule has 2 heterocycles. The number of nitrogens with zero attached hydrogens (tertiary/aromatic N) is 2. The minimum absolute atomic E-state index is 0.349. The van der Waals surface area contributed by atoms with Crippen molar-refractivity contribution in [2.45, 2.75) is 45.3 Å². The van der Waals surface area contributed by atoms with E-state index in [9.17, 15) is 0 Å². The highest BCUT2D eigenvalue weighted by Gasteiger charge is 2.35. The number of ether oxygens (including phenoxy) is 2. The first kappa shape index (κ1) is 15.2. The van der Waals surface area contributed by atoms with Crippen LogP contribution >= 0.6 is 0 Å². The van der Waals surface area contributed by atoms with Crippen LogP contribution in [-0.4, -0.2) is 74.0 Å². The van der Waals surface area contributed by atoms with E-state index < -0.39 is 0 Å². The van der Waals surface area contributed by atoms with E-state index in [4.69, 9.17) is 9.47 Å². The van der Waals surface area contributed by atoms with Crippen molar-refractivity contribution < 1.29 is 9.47 Å². The Bertz CT molecular complexity index is 257. The smallest absolute Gasteiger partial charge is 0.0596 e. The van der Waals surface area contributed by atoms with E-state index in [1.807, 2.05) is 0 Å². The van der Waals surface area contributed by atoms with Gasteiger partial charge in [0.25, 0.3) is 0 Å². The minimum atomic E-state index is 0.349. The Morgan fingerprint density at radius 2 is 1.74 bits per heavy atom. The molecule has 0 aromatic heterocycles. The lowest BCUT2D eigenvalue weighted by atomic mass is 9.89. The molecule has 2 rings (SSSR count). The van der Waals surface area contributed by atoms with Gasteiger partial charge in [-0.15, -0.1) is 0 Å². The second kappa shape index (κ2) is 7.02. The average Bonchev–Trinajstić information content (AvgIpc) is 2.40. The lowest BCUT2D eigenvalue weighted by molar-refractivity contribution is -0.0413. The first-order valence-corrected chi connectivity index (χ1v) is 7.77. The van der Waals surface area contributed by atoms with Crippen LogP contribution < -0.4 is 0 Å². The van der Waals surface area contributed by atoms with Crippen LogP contribution in [0, 0.1) is 0 Å². The fraction of sp³-hybridized carbons (Fsp3) is 1.00. The molecule has 0 atom stereocenters. The van der Waals surface area contributed by atoms with Crippen LogP contribution in [0.15, 0.2) is 0 Å². The molecule has 112 valence electrons. The van der Waals surface area contributed by atoms with E-state index in [-0.39, 0.29) is 0 Å². The molecule has 4 nitrogen and oxygen atoms in total. The van der Waals surface area contributed by atoms with Gasteiger partial charge in [0, 0.05) is 51.5 Å². The number of piperazine rings is 1. The maximum Gasteiger partial charge on any atom is 0.0596 e. The molecule has 2 aliphatic heterocycles. The molecule has 0 aromatic carbocycles. The zero-order valence-corrected chi connectivity index (χ0v) is 12.9. The van der Waals surface area contributed by atoms with Gasteiger partial charge in [0.05, 0.1) is 12.7 Å². The molecule has 0 unspecified atom stereocenters. The van der Waals surface area contributed by atoms with E-state index in [2.05, 4.69) is 30.6 Å². The molecule has 0 bridgehead atoms. The predicted octanol–water partition coefficient (Wildman–Crippen LogP) is 1.60. The molecule has 0 N–H and O–H groups in total. The van der Waals surface area contributed by atoms with Gasteiger partial charge in [0.15, 0.2) is 0 Å². The summed E-state index contributed by atoms with van der Waals surface area (Å²) in [6.45, 7) is 15.2. The highest BCUT2D eigenvalue weighted by Crippen LogP contribution is 2.28. The molecule has 2 fully saturated rings. The van der Waals surface area contributed by atoms with Gasteiger partial charge in [0.2, 0.25) is 0 Å². The van der Waals surface area contributed by atoms with Gasteiger partial charge in [-0.05, 0) is 33.6 Å². The molecule has 4 heteroatoms. The first-order chi connectivity index (χ1) is 9.10. The standard InChI is InChI=1S/C15H30N2O2/c1-14(2)19-13-10-16-6-8-17(9-7-16)15(3)4-11-18-12-5-15/h14H,4-13H2,1-3H3. The van der Waals surface area contributed by atoms with E-state index >= 15 is 0 Å². The third-order valence-corrected chi connectivity index (χ3v) is 4.56. The maximum atomic E-state index is 5.64. The van der Waals surface area contributed by atoms with Crippen molar-refractivity contribution in [1.29, 1.82) is 0 Å². The van der Waals surface area contributed by atoms with Gasteiger partial charge in [-0.1, -0.05) is 0 Å². The lowest BCUT2D eigenvalue weighted by Gasteiger charge is -2.47. The Kier molecular flexibility index (Phi) is 5.63. The summed E-state index contributed by atoms with van der Waals surface area (Å²) >= 11 is 0. The summed E-state index contributed by atoms with van der Waals surface area (Å²) in [7, 11) is 0. The first-order valence-electron chi connectivity index (χ1n) is 7.77. The highest BCUT2D eigenvalue weighted by molar-refractivity contribution is 4.90. The van der Waals surface area contributed by atoms with Crippen LogP contribution in [0.1, 0.15) is 33.6 Å². The minimum Gasteiger partial charge on any atom is -0.381 e. The second-order valence-corrected chi connectivity index (χ2v) is 6.36. The normalized spacial score (nSPS) is 25.9. The third-order valence-electron chi connectivity index (χ3n) is 4.56. The van der Waals surface area contributed by atoms with Crippen LogP contribution in [0.5, 0.6) is 0 Å². The molecular formula is C15H30N2O2. The predicted molar refractivity (Wildman–Crippen MR) is 77.6 cm³/mol. The molecule has 0 radical (unpaired) electrons. The van der Waals surface area contributed by atoms with Gasteiger partial charge in [0.1, 0.15) is 0 Å². The van der Waals surface area contributed by atoms with Crippen molar-refractivity contribution in [3.63, 3.8) is 0 Å². The fourth-order valence-electron chi connectivity index (χ4n) is 3.06. The molecule has 0 amide bonds. The Balaban J connectivity index is 1.70. The van der Waals surface area contributed by atoms with Gasteiger partial charge in [-0.3, -0.25) is 9.80 Å². The van der Waals surface area contributed by atoms with Crippen LogP contribution in [0.2, 0.25) is 0 Å². The van der Waals surface area contributed by atoms with E-state index in [1.165, 1.54) is 39.0 Å². The Morgan fingerprint density at radius 3 is 2.32 bits per heavy atom. The second-order valence-electron chi connectivity index (χ2n) is 6.36. The average molecular weight is 270 g/mol. The van der Waals surface area contributed by atoms with Crippen molar-refractivity contribution >= 4 is 0 Å². The number of rotatable bonds is 5. The largest absolute Gasteiger partial charge is 0.381 e. The van der Waals surface area contributed by atoms with Crippen molar-refractivity contribution in [1.82, 2.24) is 9.80 Å². The highest BCUT2D eigenvalue weighted by atomic mass is 16.5. The van der Waals surface area contributed by atoms with Crippen LogP contribution in [0.3, 0.4) is 0 Å². The Hall–Kier alpha value is -0.160. The third kappa shape index (κ3) is 4.42. The van der Waals surface area contributed by atoms with Crippen molar-refractivity contribution in [2.24, 2.45) is 0 Å². The molecule has 2 saturated heterocycles. The number of hydrogen-bond acceptors (Lipinski definition) is 4. The Morgan fingerprint density at radius 1 is 1.11 bits per heavy atom. The van der Waals surface area contributed by atoms with Crippen LogP contribution in [-0.2, 0) is 9.47 Å². The van der Waals surface area contributed by atoms with Gasteiger partial charge in [-0.25, -0.2) is 0 Å². The monoisotopic (exact) mass is 270 g/mol. The molecular weight excluding hydrogens is 240 g/mol. The quantitative estimate of drug-likeness (QED) is 0.757. The SMILES string of the molecule is CC(C)OCCN1CCN(C2(C)CCOCC2)CC1. The zero-order chi connectivity index (χ0) is 13.7. The zero-order valence-electron chi connectivity index (χ0n) is 12.9. The molecule has 0 aliphatic carbocycles. The van der Waals surface area contributed by atoms with Crippen LogP contribution in [0.4, 0.5) is 0 Å². The lowest BCUT2D eigenvalue weighted by Crippen LogP contribution is -2.57. The van der Waals surface area contributed by atoms with E-state index in [0.29, 0.717) is 11.6 Å². The fourth-order valence-corrected chi connectivity index (χ4v) is 3.06. The summed E-state index contributed by atoms with van der Waals surface area (Å²) in [5, 5.41) is 0.